The van der Waals surface area contributed by atoms with Gasteiger partial charge in [-0.1, -0.05) is 35.3 Å². The molecule has 0 aliphatic rings. The van der Waals surface area contributed by atoms with Gasteiger partial charge in [0, 0.05) is 6.54 Å². The molecule has 0 saturated heterocycles. The first-order valence-electron chi connectivity index (χ1n) is 9.84. The minimum Gasteiger partial charge on any atom is -0.490 e. The summed E-state index contributed by atoms with van der Waals surface area (Å²) in [6, 6.07) is 14.0. The van der Waals surface area contributed by atoms with E-state index in [1.54, 1.807) is 30.3 Å². The van der Waals surface area contributed by atoms with E-state index in [0.717, 1.165) is 5.56 Å². The number of nitrogens with one attached hydrogen (secondary N) is 1. The van der Waals surface area contributed by atoms with Crippen LogP contribution in [0.15, 0.2) is 52.9 Å². The smallest absolute Gasteiger partial charge is 0.287 e. The fourth-order valence-corrected chi connectivity index (χ4v) is 3.14. The summed E-state index contributed by atoms with van der Waals surface area (Å²) in [6.07, 6.45) is 0. The van der Waals surface area contributed by atoms with Crippen LogP contribution in [-0.4, -0.2) is 19.1 Å². The molecule has 0 saturated carbocycles. The highest BCUT2D eigenvalue weighted by Gasteiger charge is 2.13. The Kier molecular flexibility index (Phi) is 8.09. The molecule has 31 heavy (non-hydrogen) atoms. The van der Waals surface area contributed by atoms with Gasteiger partial charge >= 0.3 is 0 Å². The summed E-state index contributed by atoms with van der Waals surface area (Å²) in [5.74, 6) is 2.10. The molecule has 1 aromatic heterocycles. The third-order valence-electron chi connectivity index (χ3n) is 4.23. The van der Waals surface area contributed by atoms with Crippen molar-refractivity contribution < 1.29 is 23.4 Å². The largest absolute Gasteiger partial charge is 0.490 e. The van der Waals surface area contributed by atoms with Crippen LogP contribution in [0.5, 0.6) is 17.2 Å². The molecule has 0 aliphatic heterocycles. The number of carbonyl (C=O) groups excluding carboxylic acids is 1. The first-order valence-corrected chi connectivity index (χ1v) is 10.6. The molecule has 3 rings (SSSR count). The SMILES string of the molecule is CCOc1ccc(CNC(=O)c2ccc(COc3cccc(Cl)c3Cl)o2)cc1OCC. The lowest BCUT2D eigenvalue weighted by atomic mass is 10.2. The lowest BCUT2D eigenvalue weighted by Gasteiger charge is -2.12. The molecule has 0 atom stereocenters. The van der Waals surface area contributed by atoms with Gasteiger partial charge in [-0.15, -0.1) is 0 Å². The number of amides is 1. The Balaban J connectivity index is 1.57. The van der Waals surface area contributed by atoms with Crippen molar-refractivity contribution in [3.05, 3.63) is 75.7 Å². The molecule has 0 spiro atoms. The molecule has 6 nitrogen and oxygen atoms in total. The summed E-state index contributed by atoms with van der Waals surface area (Å²) in [5, 5.41) is 3.56. The molecule has 1 heterocycles. The number of hydrogen-bond donors (Lipinski definition) is 1. The second-order valence-corrected chi connectivity index (χ2v) is 7.22. The van der Waals surface area contributed by atoms with Gasteiger partial charge < -0.3 is 23.9 Å². The summed E-state index contributed by atoms with van der Waals surface area (Å²) in [4.78, 5) is 12.4. The standard InChI is InChI=1S/C23H23Cl2NO5/c1-3-28-18-10-8-15(12-21(18)29-4-2)13-26-23(27)20-11-9-16(31-20)14-30-19-7-5-6-17(24)22(19)25/h5-12H,3-4,13-14H2,1-2H3,(H,26,27). The average molecular weight is 464 g/mol. The van der Waals surface area contributed by atoms with E-state index in [4.69, 9.17) is 41.8 Å². The van der Waals surface area contributed by atoms with E-state index in [1.807, 2.05) is 32.0 Å². The van der Waals surface area contributed by atoms with Crippen LogP contribution in [-0.2, 0) is 13.2 Å². The molecular formula is C23H23Cl2NO5. The summed E-state index contributed by atoms with van der Waals surface area (Å²) in [6.45, 7) is 5.32. The number of hydrogen-bond acceptors (Lipinski definition) is 5. The summed E-state index contributed by atoms with van der Waals surface area (Å²) >= 11 is 12.1. The van der Waals surface area contributed by atoms with Gasteiger partial charge in [0.05, 0.1) is 18.2 Å². The Bertz CT molecular complexity index is 1030. The van der Waals surface area contributed by atoms with Gasteiger partial charge in [-0.05, 0) is 55.8 Å². The third kappa shape index (κ3) is 6.09. The van der Waals surface area contributed by atoms with E-state index in [0.29, 0.717) is 52.8 Å². The highest BCUT2D eigenvalue weighted by molar-refractivity contribution is 6.42. The summed E-state index contributed by atoms with van der Waals surface area (Å²) in [7, 11) is 0. The predicted octanol–water partition coefficient (Wildman–Crippen LogP) is 5.89. The Morgan fingerprint density at radius 1 is 0.935 bits per heavy atom. The van der Waals surface area contributed by atoms with Crippen molar-refractivity contribution in [3.63, 3.8) is 0 Å². The van der Waals surface area contributed by atoms with Gasteiger partial charge in [0.25, 0.3) is 5.91 Å². The lowest BCUT2D eigenvalue weighted by molar-refractivity contribution is 0.0919. The van der Waals surface area contributed by atoms with Crippen molar-refractivity contribution in [2.24, 2.45) is 0 Å². The Labute approximate surface area is 191 Å². The summed E-state index contributed by atoms with van der Waals surface area (Å²) in [5.41, 5.74) is 0.881. The van der Waals surface area contributed by atoms with Gasteiger partial charge in [0.2, 0.25) is 0 Å². The molecule has 3 aromatic rings. The van der Waals surface area contributed by atoms with Crippen molar-refractivity contribution in [2.45, 2.75) is 27.0 Å². The molecule has 0 bridgehead atoms. The maximum absolute atomic E-state index is 12.4. The van der Waals surface area contributed by atoms with Gasteiger partial charge in [-0.25, -0.2) is 0 Å². The second-order valence-electron chi connectivity index (χ2n) is 6.44. The number of rotatable bonds is 10. The highest BCUT2D eigenvalue weighted by Crippen LogP contribution is 2.32. The van der Waals surface area contributed by atoms with Crippen molar-refractivity contribution in [1.29, 1.82) is 0 Å². The number of furan rings is 1. The van der Waals surface area contributed by atoms with E-state index >= 15 is 0 Å². The van der Waals surface area contributed by atoms with E-state index in [1.165, 1.54) is 0 Å². The Morgan fingerprint density at radius 3 is 2.48 bits per heavy atom. The predicted molar refractivity (Wildman–Crippen MR) is 119 cm³/mol. The molecule has 164 valence electrons. The van der Waals surface area contributed by atoms with Crippen LogP contribution in [0.4, 0.5) is 0 Å². The van der Waals surface area contributed by atoms with Crippen molar-refractivity contribution in [3.8, 4) is 17.2 Å². The third-order valence-corrected chi connectivity index (χ3v) is 5.03. The van der Waals surface area contributed by atoms with E-state index in [-0.39, 0.29) is 18.3 Å². The number of benzene rings is 2. The van der Waals surface area contributed by atoms with Crippen LogP contribution >= 0.6 is 23.2 Å². The zero-order valence-corrected chi connectivity index (χ0v) is 18.8. The molecule has 8 heteroatoms. The van der Waals surface area contributed by atoms with E-state index in [2.05, 4.69) is 5.32 Å². The van der Waals surface area contributed by atoms with E-state index < -0.39 is 0 Å². The van der Waals surface area contributed by atoms with Crippen LogP contribution in [0.1, 0.15) is 35.7 Å². The van der Waals surface area contributed by atoms with Gasteiger partial charge in [-0.2, -0.15) is 0 Å². The average Bonchev–Trinajstić information content (AvgIpc) is 3.24. The first kappa shape index (κ1) is 22.8. The van der Waals surface area contributed by atoms with Crippen molar-refractivity contribution >= 4 is 29.1 Å². The minimum absolute atomic E-state index is 0.115. The van der Waals surface area contributed by atoms with Gasteiger partial charge in [0.15, 0.2) is 17.3 Å². The van der Waals surface area contributed by atoms with Gasteiger partial charge in [-0.3, -0.25) is 4.79 Å². The maximum atomic E-state index is 12.4. The van der Waals surface area contributed by atoms with Crippen LogP contribution in [0.25, 0.3) is 0 Å². The van der Waals surface area contributed by atoms with E-state index in [9.17, 15) is 4.79 Å². The molecule has 2 aromatic carbocycles. The number of ether oxygens (including phenoxy) is 3. The van der Waals surface area contributed by atoms with Crippen LogP contribution < -0.4 is 19.5 Å². The van der Waals surface area contributed by atoms with Crippen LogP contribution in [0, 0.1) is 0 Å². The maximum Gasteiger partial charge on any atom is 0.287 e. The van der Waals surface area contributed by atoms with Crippen molar-refractivity contribution in [1.82, 2.24) is 5.32 Å². The van der Waals surface area contributed by atoms with Crippen LogP contribution in [0.2, 0.25) is 10.0 Å². The molecule has 1 N–H and O–H groups in total. The lowest BCUT2D eigenvalue weighted by Crippen LogP contribution is -2.22. The zero-order valence-electron chi connectivity index (χ0n) is 17.2. The van der Waals surface area contributed by atoms with Crippen LogP contribution in [0.3, 0.4) is 0 Å². The van der Waals surface area contributed by atoms with Gasteiger partial charge in [0.1, 0.15) is 23.1 Å². The molecule has 0 unspecified atom stereocenters. The Hall–Kier alpha value is -2.83. The Morgan fingerprint density at radius 2 is 1.71 bits per heavy atom. The monoisotopic (exact) mass is 463 g/mol. The fourth-order valence-electron chi connectivity index (χ4n) is 2.80. The fraction of sp³-hybridized carbons (Fsp3) is 0.261. The number of carbonyl (C=O) groups is 1. The minimum atomic E-state index is -0.334. The zero-order chi connectivity index (χ0) is 22.2. The molecular weight excluding hydrogens is 441 g/mol. The first-order chi connectivity index (χ1) is 15.0. The second kappa shape index (κ2) is 11.0. The topological polar surface area (TPSA) is 69.9 Å². The number of halogens is 2. The summed E-state index contributed by atoms with van der Waals surface area (Å²) < 4.78 is 22.4. The molecule has 0 fully saturated rings. The highest BCUT2D eigenvalue weighted by atomic mass is 35.5. The quantitative estimate of drug-likeness (QED) is 0.405. The molecule has 0 radical (unpaired) electrons. The molecule has 0 aliphatic carbocycles. The van der Waals surface area contributed by atoms with Crippen molar-refractivity contribution in [2.75, 3.05) is 13.2 Å². The normalized spacial score (nSPS) is 10.6. The molecule has 1 amide bonds.